The van der Waals surface area contributed by atoms with Gasteiger partial charge in [-0.25, -0.2) is 4.79 Å². The van der Waals surface area contributed by atoms with Gasteiger partial charge in [-0.2, -0.15) is 0 Å². The third-order valence-corrected chi connectivity index (χ3v) is 5.28. The van der Waals surface area contributed by atoms with Crippen molar-refractivity contribution in [2.45, 2.75) is 31.6 Å². The summed E-state index contributed by atoms with van der Waals surface area (Å²) in [7, 11) is 0. The van der Waals surface area contributed by atoms with Crippen LogP contribution in [0, 0.1) is 0 Å². The molecule has 3 aromatic rings. The van der Waals surface area contributed by atoms with Gasteiger partial charge < -0.3 is 30.5 Å². The SMILES string of the molecule is CCOC(=O)C(O)C(O)C([NH-])Cc1ccc(-c2cc(Cl)cc(Cl)c2)cc1.OCOc1ccccc1.[W]. The number of para-hydroxylation sites is 1. The number of ether oxygens (including phenoxy) is 2. The van der Waals surface area contributed by atoms with E-state index in [1.807, 2.05) is 42.5 Å². The molecule has 0 aromatic heterocycles. The third-order valence-electron chi connectivity index (χ3n) is 4.84. The molecule has 36 heavy (non-hydrogen) atoms. The molecule has 4 N–H and O–H groups in total. The predicted octanol–water partition coefficient (Wildman–Crippen LogP) is 4.92. The molecule has 0 aliphatic heterocycles. The van der Waals surface area contributed by atoms with Crippen LogP contribution in [0.1, 0.15) is 12.5 Å². The number of nitrogens with one attached hydrogen (secondary N) is 1. The van der Waals surface area contributed by atoms with Gasteiger partial charge in [0.15, 0.2) is 12.9 Å². The molecule has 3 rings (SSSR count). The van der Waals surface area contributed by atoms with E-state index in [9.17, 15) is 15.0 Å². The summed E-state index contributed by atoms with van der Waals surface area (Å²) in [5, 5.41) is 29.1. The maximum Gasteiger partial charge on any atom is 0.337 e. The van der Waals surface area contributed by atoms with Crippen LogP contribution in [0.5, 0.6) is 5.75 Å². The van der Waals surface area contributed by atoms with E-state index in [0.717, 1.165) is 16.7 Å². The minimum atomic E-state index is -1.73. The van der Waals surface area contributed by atoms with Crippen molar-refractivity contribution in [3.8, 4) is 16.9 Å². The average molecular weight is 705 g/mol. The van der Waals surface area contributed by atoms with Crippen LogP contribution in [0.25, 0.3) is 16.9 Å². The number of esters is 1. The second-order valence-electron chi connectivity index (χ2n) is 7.44. The predicted molar refractivity (Wildman–Crippen MR) is 137 cm³/mol. The van der Waals surface area contributed by atoms with E-state index in [2.05, 4.69) is 4.74 Å². The summed E-state index contributed by atoms with van der Waals surface area (Å²) < 4.78 is 9.42. The summed E-state index contributed by atoms with van der Waals surface area (Å²) in [5.41, 5.74) is 10.6. The molecule has 0 saturated heterocycles. The molecular formula is C26H28Cl2NO6W-. The fourth-order valence-electron chi connectivity index (χ4n) is 3.11. The fourth-order valence-corrected chi connectivity index (χ4v) is 3.63. The first-order valence-electron chi connectivity index (χ1n) is 10.8. The van der Waals surface area contributed by atoms with Crippen LogP contribution in [-0.2, 0) is 37.0 Å². The topological polar surface area (TPSA) is 120 Å². The molecule has 0 saturated carbocycles. The molecule has 0 aliphatic rings. The van der Waals surface area contributed by atoms with Crippen molar-refractivity contribution in [3.63, 3.8) is 0 Å². The Hall–Kier alpha value is -1.96. The van der Waals surface area contributed by atoms with Gasteiger partial charge in [-0.1, -0.05) is 65.7 Å². The molecule has 0 heterocycles. The van der Waals surface area contributed by atoms with Gasteiger partial charge in [-0.15, -0.1) is 6.04 Å². The second-order valence-corrected chi connectivity index (χ2v) is 8.31. The van der Waals surface area contributed by atoms with E-state index in [4.69, 9.17) is 38.8 Å². The summed E-state index contributed by atoms with van der Waals surface area (Å²) in [6, 6.07) is 20.7. The molecule has 0 fully saturated rings. The Labute approximate surface area is 235 Å². The minimum absolute atomic E-state index is 0. The molecule has 194 valence electrons. The van der Waals surface area contributed by atoms with Gasteiger partial charge in [-0.05, 0) is 60.4 Å². The molecule has 3 atom stereocenters. The Kier molecular flexibility index (Phi) is 14.9. The average Bonchev–Trinajstić information content (AvgIpc) is 2.84. The zero-order chi connectivity index (χ0) is 25.8. The van der Waals surface area contributed by atoms with Crippen LogP contribution in [0.15, 0.2) is 72.8 Å². The van der Waals surface area contributed by atoms with E-state index in [0.29, 0.717) is 15.8 Å². The van der Waals surface area contributed by atoms with Gasteiger partial charge in [0.1, 0.15) is 5.75 Å². The number of carbonyl (C=O) groups excluding carboxylic acids is 1. The fraction of sp³-hybridized carbons (Fsp3) is 0.269. The summed E-state index contributed by atoms with van der Waals surface area (Å²) >= 11 is 12.0. The number of rotatable bonds is 9. The van der Waals surface area contributed by atoms with E-state index in [-0.39, 0.29) is 40.9 Å². The van der Waals surface area contributed by atoms with Crippen molar-refractivity contribution < 1.29 is 50.7 Å². The van der Waals surface area contributed by atoms with Gasteiger partial charge in [0.05, 0.1) is 12.7 Å². The second kappa shape index (κ2) is 16.7. The zero-order valence-corrected chi connectivity index (χ0v) is 24.0. The first-order chi connectivity index (χ1) is 16.7. The number of hydrogen-bond donors (Lipinski definition) is 3. The van der Waals surface area contributed by atoms with Crippen molar-refractivity contribution >= 4 is 29.2 Å². The molecule has 10 heteroatoms. The maximum absolute atomic E-state index is 11.5. The Morgan fingerprint density at radius 1 is 0.944 bits per heavy atom. The summed E-state index contributed by atoms with van der Waals surface area (Å²) in [6.07, 6.45) is -3.08. The molecule has 0 radical (unpaired) electrons. The summed E-state index contributed by atoms with van der Waals surface area (Å²) in [5.74, 6) is -0.231. The molecular weight excluding hydrogens is 677 g/mol. The van der Waals surface area contributed by atoms with Crippen LogP contribution in [0.3, 0.4) is 0 Å². The molecule has 7 nitrogen and oxygen atoms in total. The number of carbonyl (C=O) groups is 1. The van der Waals surface area contributed by atoms with E-state index in [1.54, 1.807) is 37.3 Å². The van der Waals surface area contributed by atoms with Gasteiger partial charge in [-0.3, -0.25) is 0 Å². The first kappa shape index (κ1) is 32.1. The van der Waals surface area contributed by atoms with Crippen molar-refractivity contribution in [1.29, 1.82) is 0 Å². The van der Waals surface area contributed by atoms with Gasteiger partial charge in [0, 0.05) is 31.1 Å². The number of benzene rings is 3. The molecule has 0 spiro atoms. The van der Waals surface area contributed by atoms with Crippen molar-refractivity contribution in [2.24, 2.45) is 0 Å². The normalized spacial score (nSPS) is 12.8. The van der Waals surface area contributed by atoms with E-state index < -0.39 is 24.2 Å². The first-order valence-corrected chi connectivity index (χ1v) is 11.6. The molecule has 3 unspecified atom stereocenters. The molecule has 0 amide bonds. The van der Waals surface area contributed by atoms with Crippen molar-refractivity contribution in [1.82, 2.24) is 0 Å². The van der Waals surface area contributed by atoms with Crippen LogP contribution >= 0.6 is 23.2 Å². The standard InChI is InChI=1S/C19H20Cl2NO4.C7H8O2.W/c1-2-26-19(25)18(24)17(23)16(22)7-11-3-5-12(6-4-11)13-8-14(20)10-15(21)9-13;8-6-9-7-4-2-1-3-5-7;/h3-6,8-10,16-18,22-24H,2,7H2,1H3;1-5,8H,6H2;/q-1;;. The van der Waals surface area contributed by atoms with Crippen LogP contribution in [-0.4, -0.2) is 52.9 Å². The quantitative estimate of drug-likeness (QED) is 0.215. The molecule has 0 bridgehead atoms. The van der Waals surface area contributed by atoms with E-state index in [1.165, 1.54) is 0 Å². The molecule has 0 aliphatic carbocycles. The van der Waals surface area contributed by atoms with Crippen molar-refractivity contribution in [2.75, 3.05) is 13.4 Å². The van der Waals surface area contributed by atoms with Crippen LogP contribution in [0.4, 0.5) is 0 Å². The third kappa shape index (κ3) is 10.6. The largest absolute Gasteiger partial charge is 0.672 e. The zero-order valence-electron chi connectivity index (χ0n) is 19.5. The number of aliphatic hydroxyl groups excluding tert-OH is 3. The Balaban J connectivity index is 0.000000546. The monoisotopic (exact) mass is 704 g/mol. The van der Waals surface area contributed by atoms with Crippen molar-refractivity contribution in [3.05, 3.63) is 94.1 Å². The minimum Gasteiger partial charge on any atom is -0.672 e. The number of halogens is 2. The smallest absolute Gasteiger partial charge is 0.337 e. The summed E-state index contributed by atoms with van der Waals surface area (Å²) in [6.45, 7) is 1.44. The van der Waals surface area contributed by atoms with E-state index >= 15 is 0 Å². The molecule has 3 aromatic carbocycles. The number of hydrogen-bond acceptors (Lipinski definition) is 6. The van der Waals surface area contributed by atoms with Crippen LogP contribution < -0.4 is 4.74 Å². The summed E-state index contributed by atoms with van der Waals surface area (Å²) in [4.78, 5) is 11.5. The Morgan fingerprint density at radius 2 is 1.53 bits per heavy atom. The van der Waals surface area contributed by atoms with Gasteiger partial charge in [0.25, 0.3) is 0 Å². The Bertz CT molecular complexity index is 1040. The Morgan fingerprint density at radius 3 is 2.06 bits per heavy atom. The van der Waals surface area contributed by atoms with Gasteiger partial charge in [0.2, 0.25) is 0 Å². The van der Waals surface area contributed by atoms with Crippen LogP contribution in [0.2, 0.25) is 10.0 Å². The number of aliphatic hydroxyl groups is 3. The maximum atomic E-state index is 11.5. The van der Waals surface area contributed by atoms with Gasteiger partial charge >= 0.3 is 5.97 Å².